The molecule has 9 heteroatoms. The molecule has 0 saturated carbocycles. The lowest BCUT2D eigenvalue weighted by atomic mass is 10.1. The molecule has 0 amide bonds. The van der Waals surface area contributed by atoms with E-state index in [4.69, 9.17) is 0 Å². The summed E-state index contributed by atoms with van der Waals surface area (Å²) in [5.41, 5.74) is 1.44. The van der Waals surface area contributed by atoms with Crippen molar-refractivity contribution in [3.05, 3.63) is 81.9 Å². The van der Waals surface area contributed by atoms with E-state index < -0.39 is 33.0 Å². The number of carbonyl (C=O) groups is 1. The highest BCUT2D eigenvalue weighted by Gasteiger charge is 2.55. The Morgan fingerprint density at radius 1 is 1.14 bits per heavy atom. The molecule has 8 nitrogen and oxygen atoms in total. The van der Waals surface area contributed by atoms with E-state index in [-0.39, 0.29) is 10.6 Å². The SMILES string of the molecule is COC(=O)/C=C/C1C(c2ccc([N+](=O)[O-])cc2)N1S(=O)(=O)c1ccc(C)cc1. The average molecular weight is 402 g/mol. The van der Waals surface area contributed by atoms with Crippen LogP contribution in [0.25, 0.3) is 0 Å². The van der Waals surface area contributed by atoms with Crippen LogP contribution in [0.2, 0.25) is 0 Å². The Balaban J connectivity index is 1.96. The summed E-state index contributed by atoms with van der Waals surface area (Å²) in [6.45, 7) is 1.86. The first kappa shape index (κ1) is 19.7. The summed E-state index contributed by atoms with van der Waals surface area (Å²) < 4.78 is 31.9. The van der Waals surface area contributed by atoms with Crippen molar-refractivity contribution in [3.63, 3.8) is 0 Å². The van der Waals surface area contributed by atoms with Gasteiger partial charge in [0.15, 0.2) is 0 Å². The van der Waals surface area contributed by atoms with Gasteiger partial charge in [0, 0.05) is 18.2 Å². The highest BCUT2D eigenvalue weighted by molar-refractivity contribution is 7.89. The minimum Gasteiger partial charge on any atom is -0.466 e. The van der Waals surface area contributed by atoms with Crippen molar-refractivity contribution in [3.8, 4) is 0 Å². The average Bonchev–Trinajstić information content (AvgIpc) is 3.41. The molecular weight excluding hydrogens is 384 g/mol. The number of ether oxygens (including phenoxy) is 1. The van der Waals surface area contributed by atoms with Crippen LogP contribution in [0.15, 0.2) is 65.6 Å². The predicted molar refractivity (Wildman–Crippen MR) is 101 cm³/mol. The molecule has 1 saturated heterocycles. The Hall–Kier alpha value is -3.04. The van der Waals surface area contributed by atoms with Gasteiger partial charge in [-0.3, -0.25) is 10.1 Å². The van der Waals surface area contributed by atoms with E-state index in [1.807, 2.05) is 6.92 Å². The lowest BCUT2D eigenvalue weighted by molar-refractivity contribution is -0.384. The number of methoxy groups -OCH3 is 1. The molecule has 1 heterocycles. The van der Waals surface area contributed by atoms with E-state index in [2.05, 4.69) is 4.74 Å². The number of rotatable bonds is 6. The van der Waals surface area contributed by atoms with Crippen LogP contribution in [-0.4, -0.2) is 36.8 Å². The van der Waals surface area contributed by atoms with Crippen LogP contribution in [0.4, 0.5) is 5.69 Å². The Bertz CT molecular complexity index is 1030. The third kappa shape index (κ3) is 3.80. The zero-order valence-electron chi connectivity index (χ0n) is 15.2. The number of hydrogen-bond donors (Lipinski definition) is 0. The first-order valence-corrected chi connectivity index (χ1v) is 9.80. The Labute approximate surface area is 162 Å². The summed E-state index contributed by atoms with van der Waals surface area (Å²) in [6.07, 6.45) is 2.64. The Kier molecular flexibility index (Phi) is 5.30. The van der Waals surface area contributed by atoms with Gasteiger partial charge in [-0.05, 0) is 24.6 Å². The van der Waals surface area contributed by atoms with Crippen LogP contribution in [0.1, 0.15) is 17.2 Å². The number of hydrogen-bond acceptors (Lipinski definition) is 6. The molecule has 0 spiro atoms. The summed E-state index contributed by atoms with van der Waals surface area (Å²) in [5.74, 6) is -0.595. The van der Waals surface area contributed by atoms with Crippen LogP contribution in [0.3, 0.4) is 0 Å². The molecule has 0 aliphatic carbocycles. The molecule has 3 atom stereocenters. The van der Waals surface area contributed by atoms with Crippen molar-refractivity contribution in [1.29, 1.82) is 0 Å². The van der Waals surface area contributed by atoms with Crippen LogP contribution in [0, 0.1) is 17.0 Å². The second-order valence-electron chi connectivity index (χ2n) is 6.31. The van der Waals surface area contributed by atoms with Crippen molar-refractivity contribution in [2.45, 2.75) is 23.9 Å². The minimum absolute atomic E-state index is 0.0843. The van der Waals surface area contributed by atoms with E-state index in [1.165, 1.54) is 60.0 Å². The van der Waals surface area contributed by atoms with E-state index in [9.17, 15) is 23.3 Å². The quantitative estimate of drug-likeness (QED) is 0.242. The van der Waals surface area contributed by atoms with Gasteiger partial charge in [-0.1, -0.05) is 35.9 Å². The molecule has 2 aromatic carbocycles. The van der Waals surface area contributed by atoms with Gasteiger partial charge in [0.05, 0.1) is 29.0 Å². The smallest absolute Gasteiger partial charge is 0.330 e. The van der Waals surface area contributed by atoms with E-state index >= 15 is 0 Å². The number of nitro benzene ring substituents is 1. The van der Waals surface area contributed by atoms with Gasteiger partial charge in [0.25, 0.3) is 5.69 Å². The third-order valence-corrected chi connectivity index (χ3v) is 6.37. The topological polar surface area (TPSA) is 107 Å². The molecule has 0 aromatic heterocycles. The van der Waals surface area contributed by atoms with E-state index in [1.54, 1.807) is 12.1 Å². The fraction of sp³-hybridized carbons (Fsp3) is 0.211. The van der Waals surface area contributed by atoms with Crippen LogP contribution >= 0.6 is 0 Å². The van der Waals surface area contributed by atoms with Crippen molar-refractivity contribution in [2.24, 2.45) is 0 Å². The maximum Gasteiger partial charge on any atom is 0.330 e. The second-order valence-corrected chi connectivity index (χ2v) is 8.16. The number of benzene rings is 2. The lowest BCUT2D eigenvalue weighted by Crippen LogP contribution is -2.14. The number of carbonyl (C=O) groups excluding carboxylic acids is 1. The highest BCUT2D eigenvalue weighted by atomic mass is 32.2. The van der Waals surface area contributed by atoms with Gasteiger partial charge in [0.1, 0.15) is 0 Å². The fourth-order valence-electron chi connectivity index (χ4n) is 2.94. The standard InChI is InChI=1S/C19H18N2O6S/c1-13-3-9-16(10-4-13)28(25,26)20-17(11-12-18(22)27-2)19(20)14-5-7-15(8-6-14)21(23)24/h3-12,17,19H,1-2H3/b12-11+. The molecule has 3 unspecified atom stereocenters. The largest absolute Gasteiger partial charge is 0.466 e. The normalized spacial score (nSPS) is 21.4. The number of nitro groups is 1. The van der Waals surface area contributed by atoms with E-state index in [0.717, 1.165) is 5.56 Å². The molecule has 1 aliphatic rings. The Morgan fingerprint density at radius 2 is 1.75 bits per heavy atom. The summed E-state index contributed by atoms with van der Waals surface area (Å²) in [6, 6.07) is 11.0. The van der Waals surface area contributed by atoms with Crippen molar-refractivity contribution in [2.75, 3.05) is 7.11 Å². The minimum atomic E-state index is -3.81. The second kappa shape index (κ2) is 7.53. The molecule has 146 valence electrons. The van der Waals surface area contributed by atoms with Gasteiger partial charge in [0.2, 0.25) is 10.0 Å². The fourth-order valence-corrected chi connectivity index (χ4v) is 4.66. The van der Waals surface area contributed by atoms with Gasteiger partial charge >= 0.3 is 5.97 Å². The van der Waals surface area contributed by atoms with Gasteiger partial charge in [-0.2, -0.15) is 4.31 Å². The maximum absolute atomic E-state index is 13.1. The van der Waals surface area contributed by atoms with E-state index in [0.29, 0.717) is 5.56 Å². The molecule has 0 N–H and O–H groups in total. The molecule has 0 bridgehead atoms. The summed E-state index contributed by atoms with van der Waals surface area (Å²) in [4.78, 5) is 21.9. The summed E-state index contributed by atoms with van der Waals surface area (Å²) in [5, 5.41) is 10.8. The molecule has 28 heavy (non-hydrogen) atoms. The first-order chi connectivity index (χ1) is 13.3. The molecule has 2 aromatic rings. The number of sulfonamides is 1. The number of esters is 1. The molecule has 3 rings (SSSR count). The van der Waals surface area contributed by atoms with Crippen LogP contribution in [-0.2, 0) is 19.6 Å². The summed E-state index contributed by atoms with van der Waals surface area (Å²) >= 11 is 0. The van der Waals surface area contributed by atoms with Gasteiger partial charge in [-0.15, -0.1) is 0 Å². The molecule has 1 fully saturated rings. The number of non-ortho nitro benzene ring substituents is 1. The van der Waals surface area contributed by atoms with Crippen LogP contribution < -0.4 is 0 Å². The van der Waals surface area contributed by atoms with Crippen molar-refractivity contribution < 1.29 is 22.9 Å². The third-order valence-electron chi connectivity index (χ3n) is 4.47. The van der Waals surface area contributed by atoms with Crippen molar-refractivity contribution >= 4 is 21.7 Å². The predicted octanol–water partition coefficient (Wildman–Crippen LogP) is 2.75. The van der Waals surface area contributed by atoms with Crippen LogP contribution in [0.5, 0.6) is 0 Å². The number of aryl methyl sites for hydroxylation is 1. The zero-order chi connectivity index (χ0) is 20.5. The van der Waals surface area contributed by atoms with Crippen molar-refractivity contribution in [1.82, 2.24) is 4.31 Å². The van der Waals surface area contributed by atoms with Gasteiger partial charge in [-0.25, -0.2) is 13.2 Å². The lowest BCUT2D eigenvalue weighted by Gasteiger charge is -2.07. The highest BCUT2D eigenvalue weighted by Crippen LogP contribution is 2.48. The Morgan fingerprint density at radius 3 is 2.29 bits per heavy atom. The monoisotopic (exact) mass is 402 g/mol. The maximum atomic E-state index is 13.1. The van der Waals surface area contributed by atoms with Gasteiger partial charge < -0.3 is 4.74 Å². The molecular formula is C19H18N2O6S. The first-order valence-electron chi connectivity index (χ1n) is 8.36. The number of nitrogens with zero attached hydrogens (tertiary/aromatic N) is 2. The summed E-state index contributed by atoms with van der Waals surface area (Å²) in [7, 11) is -2.58. The molecule has 0 radical (unpaired) electrons. The molecule has 1 aliphatic heterocycles. The zero-order valence-corrected chi connectivity index (χ0v) is 16.0.